The number of primary sulfonamides is 1. The quantitative estimate of drug-likeness (QED) is 0.165. The van der Waals surface area contributed by atoms with Crippen molar-refractivity contribution < 1.29 is 13.2 Å². The Morgan fingerprint density at radius 3 is 2.37 bits per heavy atom. The van der Waals surface area contributed by atoms with Crippen LogP contribution in [0.4, 0.5) is 5.69 Å². The molecule has 1 heterocycles. The largest absolute Gasteiger partial charge is 0.325 e. The highest BCUT2D eigenvalue weighted by Gasteiger charge is 2.18. The number of benzene rings is 3. The first-order chi connectivity index (χ1) is 16.5. The van der Waals surface area contributed by atoms with Gasteiger partial charge in [0.2, 0.25) is 15.9 Å². The lowest BCUT2D eigenvalue weighted by Crippen LogP contribution is -2.23. The Kier molecular flexibility index (Phi) is 8.22. The second-order valence-electron chi connectivity index (χ2n) is 7.20. The predicted octanol–water partition coefficient (Wildman–Crippen LogP) is 4.74. The fourth-order valence-electron chi connectivity index (χ4n) is 3.17. The first-order valence-corrected chi connectivity index (χ1v) is 15.2. The van der Waals surface area contributed by atoms with E-state index in [2.05, 4.69) is 66.4 Å². The van der Waals surface area contributed by atoms with E-state index < -0.39 is 10.0 Å². The second kappa shape index (κ2) is 10.8. The highest BCUT2D eigenvalue weighted by Crippen LogP contribution is 2.26. The van der Waals surface area contributed by atoms with Gasteiger partial charge < -0.3 is 5.32 Å². The average molecular weight is 797 g/mol. The Balaban J connectivity index is 1.75. The lowest BCUT2D eigenvalue weighted by atomic mass is 10.2. The number of aromatic nitrogens is 2. The minimum absolute atomic E-state index is 0.00419. The zero-order valence-corrected chi connectivity index (χ0v) is 25.1. The van der Waals surface area contributed by atoms with Gasteiger partial charge >= 0.3 is 0 Å². The Morgan fingerprint density at radius 1 is 1.09 bits per heavy atom. The Bertz CT molecular complexity index is 1610. The average Bonchev–Trinajstić information content (AvgIpc) is 2.79. The maximum Gasteiger partial charge on any atom is 0.266 e. The molecule has 0 aliphatic rings. The molecule has 13 heteroatoms. The molecule has 0 saturated heterocycles. The maximum atomic E-state index is 13.6. The van der Waals surface area contributed by atoms with Gasteiger partial charge in [-0.3, -0.25) is 14.2 Å². The Hall–Kier alpha value is -1.53. The number of sulfonamides is 1. The SMILES string of the molecule is NS(=O)(=O)c1ccc(-n2c(SCC(=O)Nc3ccc(Br)cc3)nc3c(I)cc(I)cc3c2=O)cc1. The molecule has 0 fully saturated rings. The number of anilines is 1. The van der Waals surface area contributed by atoms with E-state index in [0.29, 0.717) is 27.4 Å². The second-order valence-corrected chi connectivity index (χ2v) is 13.0. The van der Waals surface area contributed by atoms with Gasteiger partial charge in [0.05, 0.1) is 27.2 Å². The van der Waals surface area contributed by atoms with Crippen LogP contribution in [0.25, 0.3) is 16.6 Å². The van der Waals surface area contributed by atoms with Crippen molar-refractivity contribution in [3.63, 3.8) is 0 Å². The van der Waals surface area contributed by atoms with Gasteiger partial charge in [-0.25, -0.2) is 18.5 Å². The van der Waals surface area contributed by atoms with Gasteiger partial charge in [-0.15, -0.1) is 0 Å². The summed E-state index contributed by atoms with van der Waals surface area (Å²) >= 11 is 8.72. The number of halogens is 3. The highest BCUT2D eigenvalue weighted by atomic mass is 127. The fraction of sp³-hybridized carbons (Fsp3) is 0.0455. The van der Waals surface area contributed by atoms with Crippen LogP contribution in [-0.2, 0) is 14.8 Å². The lowest BCUT2D eigenvalue weighted by molar-refractivity contribution is -0.113. The third-order valence-corrected chi connectivity index (χ3v) is 8.59. The number of carbonyl (C=O) groups is 1. The molecule has 1 aromatic heterocycles. The number of thioether (sulfide) groups is 1. The minimum Gasteiger partial charge on any atom is -0.325 e. The number of amides is 1. The van der Waals surface area contributed by atoms with Gasteiger partial charge in [-0.05, 0) is 106 Å². The number of hydrogen-bond donors (Lipinski definition) is 2. The van der Waals surface area contributed by atoms with Crippen molar-refractivity contribution in [2.75, 3.05) is 11.1 Å². The van der Waals surface area contributed by atoms with Crippen LogP contribution in [0.1, 0.15) is 0 Å². The van der Waals surface area contributed by atoms with Crippen LogP contribution in [0.2, 0.25) is 0 Å². The van der Waals surface area contributed by atoms with Gasteiger partial charge in [-0.1, -0.05) is 27.7 Å². The standard InChI is InChI=1S/C22H15BrI2N4O4S2/c23-12-1-3-14(4-2-12)27-19(30)11-34-22-28-20-17(9-13(24)10-18(20)25)21(31)29(22)15-5-7-16(8-6-15)35(26,32)33/h1-10H,11H2,(H,27,30)(H2,26,32,33). The van der Waals surface area contributed by atoms with Crippen molar-refractivity contribution in [2.24, 2.45) is 5.14 Å². The van der Waals surface area contributed by atoms with E-state index >= 15 is 0 Å². The highest BCUT2D eigenvalue weighted by molar-refractivity contribution is 14.1. The van der Waals surface area contributed by atoms with Crippen LogP contribution < -0.4 is 16.0 Å². The molecule has 0 radical (unpaired) electrons. The molecule has 3 N–H and O–H groups in total. The summed E-state index contributed by atoms with van der Waals surface area (Å²) in [4.78, 5) is 30.8. The summed E-state index contributed by atoms with van der Waals surface area (Å²) in [6.45, 7) is 0. The molecule has 0 unspecified atom stereocenters. The summed E-state index contributed by atoms with van der Waals surface area (Å²) in [5.74, 6) is -0.260. The summed E-state index contributed by atoms with van der Waals surface area (Å²) in [5.41, 5.74) is 1.25. The predicted molar refractivity (Wildman–Crippen MR) is 158 cm³/mol. The zero-order valence-electron chi connectivity index (χ0n) is 17.5. The topological polar surface area (TPSA) is 124 Å². The van der Waals surface area contributed by atoms with Gasteiger partial charge in [0.15, 0.2) is 5.16 Å². The van der Waals surface area contributed by atoms with Crippen LogP contribution >= 0.6 is 72.9 Å². The van der Waals surface area contributed by atoms with Crippen molar-refractivity contribution in [3.8, 4) is 5.69 Å². The maximum absolute atomic E-state index is 13.6. The summed E-state index contributed by atoms with van der Waals surface area (Å²) in [7, 11) is -3.89. The first kappa shape index (κ1) is 26.5. The zero-order chi connectivity index (χ0) is 25.3. The summed E-state index contributed by atoms with van der Waals surface area (Å²) in [5, 5.41) is 8.74. The van der Waals surface area contributed by atoms with Crippen molar-refractivity contribution >= 4 is 105 Å². The fourth-order valence-corrected chi connectivity index (χ4v) is 6.72. The molecule has 180 valence electrons. The van der Waals surface area contributed by atoms with E-state index in [1.165, 1.54) is 28.8 Å². The molecule has 0 bridgehead atoms. The van der Waals surface area contributed by atoms with Gasteiger partial charge in [0.25, 0.3) is 5.56 Å². The van der Waals surface area contributed by atoms with Crippen molar-refractivity contribution in [2.45, 2.75) is 10.1 Å². The smallest absolute Gasteiger partial charge is 0.266 e. The molecular formula is C22H15BrI2N4O4S2. The van der Waals surface area contributed by atoms with Crippen LogP contribution in [0, 0.1) is 7.14 Å². The molecule has 3 aromatic carbocycles. The number of hydrogen-bond acceptors (Lipinski definition) is 6. The molecule has 4 rings (SSSR count). The Morgan fingerprint density at radius 2 is 1.74 bits per heavy atom. The Labute approximate surface area is 240 Å². The number of rotatable bonds is 6. The molecule has 0 atom stereocenters. The lowest BCUT2D eigenvalue weighted by Gasteiger charge is -2.14. The van der Waals surface area contributed by atoms with Gasteiger partial charge in [-0.2, -0.15) is 0 Å². The molecule has 0 aliphatic heterocycles. The van der Waals surface area contributed by atoms with E-state index in [0.717, 1.165) is 23.4 Å². The monoisotopic (exact) mass is 796 g/mol. The van der Waals surface area contributed by atoms with Gasteiger partial charge in [0, 0.05) is 17.3 Å². The van der Waals surface area contributed by atoms with E-state index in [1.807, 2.05) is 18.2 Å². The summed E-state index contributed by atoms with van der Waals surface area (Å²) in [6, 6.07) is 16.5. The van der Waals surface area contributed by atoms with E-state index in [1.54, 1.807) is 18.2 Å². The first-order valence-electron chi connectivity index (χ1n) is 9.76. The molecule has 1 amide bonds. The van der Waals surface area contributed by atoms with Crippen LogP contribution in [0.5, 0.6) is 0 Å². The van der Waals surface area contributed by atoms with Crippen molar-refractivity contribution in [3.05, 3.63) is 82.6 Å². The van der Waals surface area contributed by atoms with Crippen LogP contribution in [0.3, 0.4) is 0 Å². The third-order valence-electron chi connectivity index (χ3n) is 4.74. The third kappa shape index (κ3) is 6.25. The number of nitrogens with one attached hydrogen (secondary N) is 1. The molecule has 0 aliphatic carbocycles. The van der Waals surface area contributed by atoms with E-state index in [4.69, 9.17) is 10.1 Å². The molecular weight excluding hydrogens is 782 g/mol. The van der Waals surface area contributed by atoms with Crippen LogP contribution in [0.15, 0.2) is 80.0 Å². The van der Waals surface area contributed by atoms with Crippen molar-refractivity contribution in [1.82, 2.24) is 9.55 Å². The number of fused-ring (bicyclic) bond motifs is 1. The van der Waals surface area contributed by atoms with E-state index in [9.17, 15) is 18.0 Å². The number of nitrogens with zero attached hydrogens (tertiary/aromatic N) is 2. The molecule has 8 nitrogen and oxygen atoms in total. The summed E-state index contributed by atoms with van der Waals surface area (Å²) in [6.07, 6.45) is 0. The number of nitrogens with two attached hydrogens (primary N) is 1. The van der Waals surface area contributed by atoms with Gasteiger partial charge in [0.1, 0.15) is 0 Å². The molecule has 0 spiro atoms. The molecule has 35 heavy (non-hydrogen) atoms. The van der Waals surface area contributed by atoms with Crippen molar-refractivity contribution in [1.29, 1.82) is 0 Å². The normalized spacial score (nSPS) is 11.5. The molecule has 4 aromatic rings. The summed E-state index contributed by atoms with van der Waals surface area (Å²) < 4.78 is 27.3. The van der Waals surface area contributed by atoms with Crippen LogP contribution in [-0.4, -0.2) is 29.6 Å². The minimum atomic E-state index is -3.89. The molecule has 0 saturated carbocycles. The number of carbonyl (C=O) groups excluding carboxylic acids is 1. The van der Waals surface area contributed by atoms with E-state index in [-0.39, 0.29) is 22.1 Å².